The first-order valence-corrected chi connectivity index (χ1v) is 5.59. The van der Waals surface area contributed by atoms with Crippen LogP contribution in [0.25, 0.3) is 0 Å². The molecule has 0 saturated carbocycles. The van der Waals surface area contributed by atoms with E-state index in [1.165, 1.54) is 12.3 Å². The SMILES string of the molecule is CC(C)C(N)CCN(C)c1ccc(F)cn1. The second-order valence-electron chi connectivity index (χ2n) is 4.45. The number of hydrogen-bond acceptors (Lipinski definition) is 3. The number of nitrogens with two attached hydrogens (primary N) is 1. The molecule has 0 saturated heterocycles. The number of aromatic nitrogens is 1. The second-order valence-corrected chi connectivity index (χ2v) is 4.45. The Morgan fingerprint density at radius 3 is 2.62 bits per heavy atom. The highest BCUT2D eigenvalue weighted by Gasteiger charge is 2.09. The van der Waals surface area contributed by atoms with E-state index in [2.05, 4.69) is 18.8 Å². The Balaban J connectivity index is 2.46. The van der Waals surface area contributed by atoms with Crippen LogP contribution in [0.1, 0.15) is 20.3 Å². The maximum absolute atomic E-state index is 12.7. The molecule has 1 aromatic heterocycles. The highest BCUT2D eigenvalue weighted by molar-refractivity contribution is 5.36. The molecule has 3 nitrogen and oxygen atoms in total. The molecule has 0 aliphatic rings. The van der Waals surface area contributed by atoms with Crippen molar-refractivity contribution in [3.63, 3.8) is 0 Å². The predicted molar refractivity (Wildman–Crippen MR) is 64.9 cm³/mol. The molecule has 0 radical (unpaired) electrons. The number of hydrogen-bond donors (Lipinski definition) is 1. The van der Waals surface area contributed by atoms with Gasteiger partial charge >= 0.3 is 0 Å². The highest BCUT2D eigenvalue weighted by atomic mass is 19.1. The molecule has 1 aromatic rings. The molecular formula is C12H20FN3. The summed E-state index contributed by atoms with van der Waals surface area (Å²) in [5.74, 6) is 0.947. The average molecular weight is 225 g/mol. The van der Waals surface area contributed by atoms with Gasteiger partial charge in [-0.25, -0.2) is 9.37 Å². The van der Waals surface area contributed by atoms with E-state index in [4.69, 9.17) is 5.73 Å². The summed E-state index contributed by atoms with van der Waals surface area (Å²) in [6.45, 7) is 5.06. The summed E-state index contributed by atoms with van der Waals surface area (Å²) < 4.78 is 12.7. The van der Waals surface area contributed by atoms with E-state index >= 15 is 0 Å². The second kappa shape index (κ2) is 5.80. The summed E-state index contributed by atoms with van der Waals surface area (Å²) in [6, 6.07) is 3.29. The number of anilines is 1. The third-order valence-electron chi connectivity index (χ3n) is 2.76. The molecule has 0 aliphatic carbocycles. The smallest absolute Gasteiger partial charge is 0.141 e. The van der Waals surface area contributed by atoms with Crippen molar-refractivity contribution in [3.8, 4) is 0 Å². The standard InChI is InChI=1S/C12H20FN3/c1-9(2)11(14)6-7-16(3)12-5-4-10(13)8-15-12/h4-5,8-9,11H,6-7,14H2,1-3H3. The molecule has 2 N–H and O–H groups in total. The van der Waals surface area contributed by atoms with Crippen LogP contribution in [0, 0.1) is 11.7 Å². The largest absolute Gasteiger partial charge is 0.360 e. The lowest BCUT2D eigenvalue weighted by Gasteiger charge is -2.22. The van der Waals surface area contributed by atoms with Gasteiger partial charge in [-0.15, -0.1) is 0 Å². The molecule has 16 heavy (non-hydrogen) atoms. The van der Waals surface area contributed by atoms with Crippen molar-refractivity contribution >= 4 is 5.82 Å². The normalized spacial score (nSPS) is 12.9. The molecule has 0 fully saturated rings. The lowest BCUT2D eigenvalue weighted by Crippen LogP contribution is -2.32. The molecule has 90 valence electrons. The fourth-order valence-corrected chi connectivity index (χ4v) is 1.38. The number of pyridine rings is 1. The Morgan fingerprint density at radius 1 is 1.44 bits per heavy atom. The van der Waals surface area contributed by atoms with E-state index in [0.29, 0.717) is 5.92 Å². The van der Waals surface area contributed by atoms with Crippen LogP contribution in [-0.4, -0.2) is 24.6 Å². The minimum Gasteiger partial charge on any atom is -0.360 e. The van der Waals surface area contributed by atoms with Crippen LogP contribution in [0.3, 0.4) is 0 Å². The monoisotopic (exact) mass is 225 g/mol. The molecule has 0 spiro atoms. The van der Waals surface area contributed by atoms with Crippen LogP contribution in [0.5, 0.6) is 0 Å². The van der Waals surface area contributed by atoms with Gasteiger partial charge in [0, 0.05) is 19.6 Å². The first-order valence-electron chi connectivity index (χ1n) is 5.59. The van der Waals surface area contributed by atoms with Crippen LogP contribution in [0.2, 0.25) is 0 Å². The lowest BCUT2D eigenvalue weighted by molar-refractivity contribution is 0.465. The lowest BCUT2D eigenvalue weighted by atomic mass is 10.0. The van der Waals surface area contributed by atoms with Crippen LogP contribution in [-0.2, 0) is 0 Å². The van der Waals surface area contributed by atoms with Gasteiger partial charge in [0.05, 0.1) is 6.20 Å². The van der Waals surface area contributed by atoms with Crippen molar-refractivity contribution in [2.75, 3.05) is 18.5 Å². The highest BCUT2D eigenvalue weighted by Crippen LogP contribution is 2.11. The Kier molecular flexibility index (Phi) is 4.68. The minimum atomic E-state index is -0.309. The van der Waals surface area contributed by atoms with Gasteiger partial charge in [-0.3, -0.25) is 0 Å². The Hall–Kier alpha value is -1.16. The summed E-state index contributed by atoms with van der Waals surface area (Å²) in [5, 5.41) is 0. The molecule has 1 atom stereocenters. The Morgan fingerprint density at radius 2 is 2.12 bits per heavy atom. The molecule has 0 bridgehead atoms. The van der Waals surface area contributed by atoms with E-state index < -0.39 is 0 Å². The topological polar surface area (TPSA) is 42.1 Å². The Bertz CT molecular complexity index is 311. The van der Waals surface area contributed by atoms with Gasteiger partial charge in [-0.1, -0.05) is 13.8 Å². The summed E-state index contributed by atoms with van der Waals surface area (Å²) in [7, 11) is 1.94. The summed E-state index contributed by atoms with van der Waals surface area (Å²) in [4.78, 5) is 6.00. The van der Waals surface area contributed by atoms with Crippen LogP contribution in [0.15, 0.2) is 18.3 Å². The van der Waals surface area contributed by atoms with Crippen molar-refractivity contribution in [2.45, 2.75) is 26.3 Å². The van der Waals surface area contributed by atoms with Crippen LogP contribution >= 0.6 is 0 Å². The van der Waals surface area contributed by atoms with Gasteiger partial charge in [0.25, 0.3) is 0 Å². The molecular weight excluding hydrogens is 205 g/mol. The zero-order valence-corrected chi connectivity index (χ0v) is 10.2. The summed E-state index contributed by atoms with van der Waals surface area (Å²) >= 11 is 0. The van der Waals surface area contributed by atoms with Crippen LogP contribution in [0.4, 0.5) is 10.2 Å². The average Bonchev–Trinajstić information content (AvgIpc) is 2.26. The van der Waals surface area contributed by atoms with Crippen molar-refractivity contribution < 1.29 is 4.39 Å². The van der Waals surface area contributed by atoms with Gasteiger partial charge in [0.1, 0.15) is 11.6 Å². The zero-order valence-electron chi connectivity index (χ0n) is 10.2. The zero-order chi connectivity index (χ0) is 12.1. The van der Waals surface area contributed by atoms with Gasteiger partial charge < -0.3 is 10.6 Å². The molecule has 4 heteroatoms. The summed E-state index contributed by atoms with van der Waals surface area (Å²) in [6.07, 6.45) is 2.14. The van der Waals surface area contributed by atoms with Crippen LogP contribution < -0.4 is 10.6 Å². The van der Waals surface area contributed by atoms with E-state index in [1.54, 1.807) is 6.07 Å². The van der Waals surface area contributed by atoms with Gasteiger partial charge in [0.2, 0.25) is 0 Å². The van der Waals surface area contributed by atoms with E-state index in [-0.39, 0.29) is 11.9 Å². The molecule has 0 amide bonds. The number of rotatable bonds is 5. The van der Waals surface area contributed by atoms with Gasteiger partial charge in [-0.2, -0.15) is 0 Å². The minimum absolute atomic E-state index is 0.197. The van der Waals surface area contributed by atoms with Gasteiger partial charge in [0.15, 0.2) is 0 Å². The molecule has 1 unspecified atom stereocenters. The first kappa shape index (κ1) is 12.9. The maximum Gasteiger partial charge on any atom is 0.141 e. The third kappa shape index (κ3) is 3.77. The van der Waals surface area contributed by atoms with Crippen molar-refractivity contribution in [1.82, 2.24) is 4.98 Å². The molecule has 1 heterocycles. The summed E-state index contributed by atoms with van der Waals surface area (Å²) in [5.41, 5.74) is 5.96. The molecule has 0 aliphatic heterocycles. The predicted octanol–water partition coefficient (Wildman–Crippen LogP) is 2.03. The van der Waals surface area contributed by atoms with Crippen molar-refractivity contribution in [1.29, 1.82) is 0 Å². The number of nitrogens with zero attached hydrogens (tertiary/aromatic N) is 2. The van der Waals surface area contributed by atoms with Crippen molar-refractivity contribution in [2.24, 2.45) is 11.7 Å². The number of halogens is 1. The van der Waals surface area contributed by atoms with Crippen molar-refractivity contribution in [3.05, 3.63) is 24.1 Å². The molecule has 0 aromatic carbocycles. The first-order chi connectivity index (χ1) is 7.50. The van der Waals surface area contributed by atoms with E-state index in [0.717, 1.165) is 18.8 Å². The Labute approximate surface area is 96.5 Å². The maximum atomic E-state index is 12.7. The quantitative estimate of drug-likeness (QED) is 0.833. The fraction of sp³-hybridized carbons (Fsp3) is 0.583. The molecule has 1 rings (SSSR count). The third-order valence-corrected chi connectivity index (χ3v) is 2.76. The van der Waals surface area contributed by atoms with Gasteiger partial charge in [-0.05, 0) is 24.5 Å². The van der Waals surface area contributed by atoms with E-state index in [1.807, 2.05) is 11.9 Å². The van der Waals surface area contributed by atoms with E-state index in [9.17, 15) is 4.39 Å². The fourth-order valence-electron chi connectivity index (χ4n) is 1.38.